The Morgan fingerprint density at radius 1 is 1.06 bits per heavy atom. The molecule has 0 saturated carbocycles. The van der Waals surface area contributed by atoms with Gasteiger partial charge in [-0.2, -0.15) is 0 Å². The molecule has 3 N–H and O–H groups in total. The van der Waals surface area contributed by atoms with Gasteiger partial charge in [-0.15, -0.1) is 24.0 Å². The van der Waals surface area contributed by atoms with Gasteiger partial charge in [-0.25, -0.2) is 0 Å². The molecule has 0 bridgehead atoms. The van der Waals surface area contributed by atoms with Gasteiger partial charge in [0.2, 0.25) is 0 Å². The van der Waals surface area contributed by atoms with Crippen molar-refractivity contribution in [3.63, 3.8) is 0 Å². The van der Waals surface area contributed by atoms with E-state index in [4.69, 9.17) is 9.47 Å². The largest absolute Gasteiger partial charge is 0.497 e. The molecule has 0 radical (unpaired) electrons. The molecule has 1 aliphatic rings. The molecule has 2 aromatic carbocycles. The highest BCUT2D eigenvalue weighted by atomic mass is 127. The fourth-order valence-electron chi connectivity index (χ4n) is 4.01. The molecular formula is C25H37IN4O2. The quantitative estimate of drug-likeness (QED) is 0.250. The van der Waals surface area contributed by atoms with Gasteiger partial charge in [0.05, 0.1) is 7.11 Å². The van der Waals surface area contributed by atoms with E-state index >= 15 is 0 Å². The van der Waals surface area contributed by atoms with Gasteiger partial charge < -0.3 is 25.4 Å². The monoisotopic (exact) mass is 552 g/mol. The van der Waals surface area contributed by atoms with Crippen LogP contribution in [0.25, 0.3) is 0 Å². The number of rotatable bonds is 9. The number of aliphatic imine (C=N–C) groups is 1. The summed E-state index contributed by atoms with van der Waals surface area (Å²) in [4.78, 5) is 4.41. The van der Waals surface area contributed by atoms with E-state index in [0.29, 0.717) is 0 Å². The Hall–Kier alpha value is -1.84. The van der Waals surface area contributed by atoms with Crippen molar-refractivity contribution in [2.24, 2.45) is 4.99 Å². The van der Waals surface area contributed by atoms with Crippen LogP contribution in [0.5, 0.6) is 5.75 Å². The van der Waals surface area contributed by atoms with Crippen molar-refractivity contribution in [2.45, 2.75) is 37.8 Å². The summed E-state index contributed by atoms with van der Waals surface area (Å²) in [7, 11) is 3.51. The van der Waals surface area contributed by atoms with Gasteiger partial charge in [0.15, 0.2) is 5.96 Å². The fourth-order valence-corrected chi connectivity index (χ4v) is 4.01. The molecule has 0 spiro atoms. The van der Waals surface area contributed by atoms with Gasteiger partial charge in [-0.3, -0.25) is 4.99 Å². The molecule has 1 heterocycles. The highest BCUT2D eigenvalue weighted by Gasteiger charge is 2.34. The maximum atomic E-state index is 5.65. The van der Waals surface area contributed by atoms with Crippen LogP contribution in [0.1, 0.15) is 36.9 Å². The maximum Gasteiger partial charge on any atom is 0.191 e. The average molecular weight is 553 g/mol. The topological polar surface area (TPSA) is 66.9 Å². The highest BCUT2D eigenvalue weighted by Crippen LogP contribution is 2.25. The van der Waals surface area contributed by atoms with Crippen LogP contribution >= 0.6 is 24.0 Å². The summed E-state index contributed by atoms with van der Waals surface area (Å²) in [6.45, 7) is 5.40. The van der Waals surface area contributed by atoms with E-state index in [1.54, 1.807) is 7.11 Å². The predicted molar refractivity (Wildman–Crippen MR) is 142 cm³/mol. The summed E-state index contributed by atoms with van der Waals surface area (Å²) in [5, 5.41) is 10.9. The van der Waals surface area contributed by atoms with Crippen LogP contribution in [-0.4, -0.2) is 52.0 Å². The zero-order valence-electron chi connectivity index (χ0n) is 19.4. The van der Waals surface area contributed by atoms with E-state index < -0.39 is 0 Å². The lowest BCUT2D eigenvalue weighted by Crippen LogP contribution is -2.58. The van der Waals surface area contributed by atoms with Crippen molar-refractivity contribution >= 4 is 29.9 Å². The summed E-state index contributed by atoms with van der Waals surface area (Å²) in [6.07, 6.45) is 2.87. The summed E-state index contributed by atoms with van der Waals surface area (Å²) >= 11 is 0. The number of benzene rings is 2. The molecule has 6 nitrogen and oxygen atoms in total. The van der Waals surface area contributed by atoms with E-state index in [2.05, 4.69) is 70.3 Å². The number of guanidine groups is 1. The summed E-state index contributed by atoms with van der Waals surface area (Å²) in [6, 6.07) is 19.1. The SMILES string of the molecule is CN=C(NCCc1ccc(OC)cc1)NCC1(NC(C)c2ccccc2)CCOCC1.I. The van der Waals surface area contributed by atoms with Gasteiger partial charge in [-0.05, 0) is 49.4 Å². The van der Waals surface area contributed by atoms with Gasteiger partial charge >= 0.3 is 0 Å². The standard InChI is InChI=1S/C25H36N4O2.HI/c1-20(22-7-5-4-6-8-22)29-25(14-17-31-18-15-25)19-28-24(26-2)27-16-13-21-9-11-23(30-3)12-10-21;/h4-12,20,29H,13-19H2,1-3H3,(H2,26,27,28);1H. The third-order valence-corrected chi connectivity index (χ3v) is 5.96. The second-order valence-electron chi connectivity index (χ2n) is 8.12. The van der Waals surface area contributed by atoms with Crippen molar-refractivity contribution in [1.82, 2.24) is 16.0 Å². The number of nitrogens with one attached hydrogen (secondary N) is 3. The Balaban J connectivity index is 0.00000363. The lowest BCUT2D eigenvalue weighted by Gasteiger charge is -2.41. The van der Waals surface area contributed by atoms with E-state index in [1.807, 2.05) is 19.2 Å². The van der Waals surface area contributed by atoms with Crippen molar-refractivity contribution in [1.29, 1.82) is 0 Å². The zero-order valence-corrected chi connectivity index (χ0v) is 21.7. The number of nitrogens with zero attached hydrogens (tertiary/aromatic N) is 1. The molecule has 0 amide bonds. The molecule has 0 aliphatic carbocycles. The third kappa shape index (κ3) is 7.94. The lowest BCUT2D eigenvalue weighted by atomic mass is 9.88. The molecule has 0 aromatic heterocycles. The first-order chi connectivity index (χ1) is 15.1. The molecule has 2 aromatic rings. The van der Waals surface area contributed by atoms with Crippen LogP contribution < -0.4 is 20.7 Å². The molecule has 1 aliphatic heterocycles. The first-order valence-corrected chi connectivity index (χ1v) is 11.1. The molecule has 1 fully saturated rings. The zero-order chi connectivity index (χ0) is 21.9. The van der Waals surface area contributed by atoms with E-state index in [0.717, 1.165) is 57.3 Å². The second-order valence-corrected chi connectivity index (χ2v) is 8.12. The molecule has 32 heavy (non-hydrogen) atoms. The molecule has 1 saturated heterocycles. The van der Waals surface area contributed by atoms with Crippen molar-refractivity contribution in [3.05, 3.63) is 65.7 Å². The predicted octanol–water partition coefficient (Wildman–Crippen LogP) is 3.92. The van der Waals surface area contributed by atoms with Crippen LogP contribution in [0.15, 0.2) is 59.6 Å². The molecule has 3 rings (SSSR count). The summed E-state index contributed by atoms with van der Waals surface area (Å²) in [5.74, 6) is 1.71. The van der Waals surface area contributed by atoms with Crippen LogP contribution in [0, 0.1) is 0 Å². The Labute approximate surface area is 209 Å². The Morgan fingerprint density at radius 3 is 2.38 bits per heavy atom. The van der Waals surface area contributed by atoms with Crippen molar-refractivity contribution in [2.75, 3.05) is 40.5 Å². The Morgan fingerprint density at radius 2 is 1.75 bits per heavy atom. The summed E-state index contributed by atoms with van der Waals surface area (Å²) < 4.78 is 10.9. The minimum atomic E-state index is -0.0267. The maximum absolute atomic E-state index is 5.65. The van der Waals surface area contributed by atoms with E-state index in [1.165, 1.54) is 11.1 Å². The normalized spacial score (nSPS) is 16.5. The van der Waals surface area contributed by atoms with Crippen molar-refractivity contribution in [3.8, 4) is 5.75 Å². The fraction of sp³-hybridized carbons (Fsp3) is 0.480. The lowest BCUT2D eigenvalue weighted by molar-refractivity contribution is 0.0355. The third-order valence-electron chi connectivity index (χ3n) is 5.96. The van der Waals surface area contributed by atoms with Crippen LogP contribution in [0.2, 0.25) is 0 Å². The Bertz CT molecular complexity index is 808. The van der Waals surface area contributed by atoms with Crippen LogP contribution in [0.4, 0.5) is 0 Å². The minimum Gasteiger partial charge on any atom is -0.497 e. The number of methoxy groups -OCH3 is 1. The van der Waals surface area contributed by atoms with E-state index in [-0.39, 0.29) is 35.6 Å². The van der Waals surface area contributed by atoms with Crippen molar-refractivity contribution < 1.29 is 9.47 Å². The molecule has 1 unspecified atom stereocenters. The molecular weight excluding hydrogens is 515 g/mol. The van der Waals surface area contributed by atoms with Gasteiger partial charge in [0.1, 0.15) is 5.75 Å². The van der Waals surface area contributed by atoms with Gasteiger partial charge in [0, 0.05) is 44.9 Å². The first kappa shape index (κ1) is 26.4. The Kier molecular flexibility index (Phi) is 11.3. The van der Waals surface area contributed by atoms with Crippen LogP contribution in [0.3, 0.4) is 0 Å². The highest BCUT2D eigenvalue weighted by molar-refractivity contribution is 14.0. The van der Waals surface area contributed by atoms with Gasteiger partial charge in [-0.1, -0.05) is 42.5 Å². The number of ether oxygens (including phenoxy) is 2. The summed E-state index contributed by atoms with van der Waals surface area (Å²) in [5.41, 5.74) is 2.54. The molecule has 1 atom stereocenters. The van der Waals surface area contributed by atoms with E-state index in [9.17, 15) is 0 Å². The number of hydrogen-bond acceptors (Lipinski definition) is 4. The molecule has 7 heteroatoms. The van der Waals surface area contributed by atoms with Crippen LogP contribution in [-0.2, 0) is 11.2 Å². The average Bonchev–Trinajstić information content (AvgIpc) is 2.83. The molecule has 176 valence electrons. The second kappa shape index (κ2) is 13.6. The first-order valence-electron chi connectivity index (χ1n) is 11.1. The number of hydrogen-bond donors (Lipinski definition) is 3. The minimum absolute atomic E-state index is 0. The smallest absolute Gasteiger partial charge is 0.191 e. The number of halogens is 1. The van der Waals surface area contributed by atoms with Gasteiger partial charge in [0.25, 0.3) is 0 Å².